The number of carbonyl (C=O) groups is 1. The second kappa shape index (κ2) is 6.74. The fourth-order valence-electron chi connectivity index (χ4n) is 2.76. The van der Waals surface area contributed by atoms with Gasteiger partial charge in [0.15, 0.2) is 0 Å². The van der Waals surface area contributed by atoms with Crippen molar-refractivity contribution in [2.45, 2.75) is 60.4 Å². The molecule has 1 heterocycles. The van der Waals surface area contributed by atoms with Gasteiger partial charge >= 0.3 is 0 Å². The highest BCUT2D eigenvalue weighted by Crippen LogP contribution is 2.27. The molecular weight excluding hydrogens is 236 g/mol. The quantitative estimate of drug-likeness (QED) is 0.850. The Morgan fingerprint density at radius 2 is 1.95 bits per heavy atom. The van der Waals surface area contributed by atoms with E-state index in [9.17, 15) is 4.79 Å². The van der Waals surface area contributed by atoms with Crippen molar-refractivity contribution in [3.8, 4) is 0 Å². The van der Waals surface area contributed by atoms with Crippen molar-refractivity contribution in [3.05, 3.63) is 0 Å². The van der Waals surface area contributed by atoms with Gasteiger partial charge in [0, 0.05) is 24.5 Å². The monoisotopic (exact) mass is 268 g/mol. The second-order valence-corrected chi connectivity index (χ2v) is 7.35. The van der Waals surface area contributed by atoms with Crippen LogP contribution in [-0.4, -0.2) is 36.5 Å². The molecule has 19 heavy (non-hydrogen) atoms. The van der Waals surface area contributed by atoms with Gasteiger partial charge in [-0.1, -0.05) is 41.5 Å². The molecule has 3 nitrogen and oxygen atoms in total. The molecule has 1 amide bonds. The number of rotatable bonds is 4. The maximum Gasteiger partial charge on any atom is 0.228 e. The molecule has 2 atom stereocenters. The van der Waals surface area contributed by atoms with Gasteiger partial charge in [0.2, 0.25) is 5.91 Å². The van der Waals surface area contributed by atoms with E-state index >= 15 is 0 Å². The molecule has 0 radical (unpaired) electrons. The van der Waals surface area contributed by atoms with Crippen LogP contribution in [-0.2, 0) is 4.79 Å². The van der Waals surface area contributed by atoms with Crippen LogP contribution in [0.2, 0.25) is 0 Å². The summed E-state index contributed by atoms with van der Waals surface area (Å²) >= 11 is 0. The molecule has 2 unspecified atom stereocenters. The number of carbonyl (C=O) groups excluding carboxylic acids is 1. The number of hydrogen-bond acceptors (Lipinski definition) is 2. The summed E-state index contributed by atoms with van der Waals surface area (Å²) in [5, 5.41) is 3.60. The molecule has 1 aliphatic rings. The highest BCUT2D eigenvalue weighted by atomic mass is 16.2. The van der Waals surface area contributed by atoms with Gasteiger partial charge in [-0.25, -0.2) is 0 Å². The van der Waals surface area contributed by atoms with Crippen molar-refractivity contribution in [2.24, 2.45) is 17.3 Å². The van der Waals surface area contributed by atoms with Gasteiger partial charge in [-0.15, -0.1) is 0 Å². The van der Waals surface area contributed by atoms with Crippen LogP contribution in [0.3, 0.4) is 0 Å². The number of piperidine rings is 1. The van der Waals surface area contributed by atoms with E-state index in [-0.39, 0.29) is 5.41 Å². The molecule has 3 heteroatoms. The summed E-state index contributed by atoms with van der Waals surface area (Å²) in [5.41, 5.74) is -0.270. The average Bonchev–Trinajstić information content (AvgIpc) is 2.33. The number of hydrogen-bond donors (Lipinski definition) is 1. The van der Waals surface area contributed by atoms with Gasteiger partial charge in [-0.05, 0) is 31.2 Å². The zero-order chi connectivity index (χ0) is 14.6. The fourth-order valence-corrected chi connectivity index (χ4v) is 2.76. The van der Waals surface area contributed by atoms with Crippen LogP contribution in [0.1, 0.15) is 54.4 Å². The minimum absolute atomic E-state index is 0.270. The Hall–Kier alpha value is -0.570. The number of amides is 1. The van der Waals surface area contributed by atoms with Crippen LogP contribution in [0, 0.1) is 17.3 Å². The molecule has 0 bridgehead atoms. The average molecular weight is 268 g/mol. The number of nitrogens with zero attached hydrogens (tertiary/aromatic N) is 1. The van der Waals surface area contributed by atoms with E-state index in [1.807, 2.05) is 20.8 Å². The van der Waals surface area contributed by atoms with E-state index in [4.69, 9.17) is 0 Å². The summed E-state index contributed by atoms with van der Waals surface area (Å²) in [5.74, 6) is 1.55. The first-order valence-electron chi connectivity index (χ1n) is 7.78. The van der Waals surface area contributed by atoms with E-state index in [1.165, 1.54) is 6.42 Å². The molecule has 112 valence electrons. The van der Waals surface area contributed by atoms with E-state index in [1.54, 1.807) is 0 Å². The maximum absolute atomic E-state index is 12.5. The Kier molecular flexibility index (Phi) is 5.84. The normalized spacial score (nSPS) is 24.9. The zero-order valence-electron chi connectivity index (χ0n) is 13.6. The summed E-state index contributed by atoms with van der Waals surface area (Å²) in [4.78, 5) is 14.6. The predicted octanol–water partition coefficient (Wildman–Crippen LogP) is 2.91. The van der Waals surface area contributed by atoms with Crippen LogP contribution in [0.25, 0.3) is 0 Å². The molecule has 1 N–H and O–H groups in total. The lowest BCUT2D eigenvalue weighted by atomic mass is 9.84. The summed E-state index contributed by atoms with van der Waals surface area (Å²) in [6, 6.07) is 0.465. The first kappa shape index (κ1) is 16.5. The Bertz CT molecular complexity index is 294. The van der Waals surface area contributed by atoms with Gasteiger partial charge < -0.3 is 10.2 Å². The van der Waals surface area contributed by atoms with E-state index < -0.39 is 0 Å². The largest absolute Gasteiger partial charge is 0.340 e. The van der Waals surface area contributed by atoms with Gasteiger partial charge in [-0.3, -0.25) is 4.79 Å². The topological polar surface area (TPSA) is 32.3 Å². The molecule has 0 aromatic heterocycles. The summed E-state index contributed by atoms with van der Waals surface area (Å²) < 4.78 is 0. The van der Waals surface area contributed by atoms with E-state index in [2.05, 4.69) is 31.0 Å². The van der Waals surface area contributed by atoms with Crippen molar-refractivity contribution in [1.29, 1.82) is 0 Å². The molecule has 1 fully saturated rings. The van der Waals surface area contributed by atoms with Gasteiger partial charge in [0.05, 0.1) is 0 Å². The molecule has 1 saturated heterocycles. The highest BCUT2D eigenvalue weighted by molar-refractivity contribution is 5.81. The zero-order valence-corrected chi connectivity index (χ0v) is 13.6. The van der Waals surface area contributed by atoms with Crippen LogP contribution >= 0.6 is 0 Å². The standard InChI is InChI=1S/C16H32N2O/c1-7-8-17-14-9-13(12(2)3)10-18(11-14)15(19)16(4,5)6/h12-14,17H,7-11H2,1-6H3. The fraction of sp³-hybridized carbons (Fsp3) is 0.938. The van der Waals surface area contributed by atoms with Crippen molar-refractivity contribution < 1.29 is 4.79 Å². The predicted molar refractivity (Wildman–Crippen MR) is 81.1 cm³/mol. The Balaban J connectivity index is 2.72. The van der Waals surface area contributed by atoms with Gasteiger partial charge in [0.1, 0.15) is 0 Å². The Morgan fingerprint density at radius 1 is 1.32 bits per heavy atom. The lowest BCUT2D eigenvalue weighted by molar-refractivity contribution is -0.142. The SMILES string of the molecule is CCCNC1CC(C(C)C)CN(C(=O)C(C)(C)C)C1. The molecule has 1 rings (SSSR count). The smallest absolute Gasteiger partial charge is 0.228 e. The van der Waals surface area contributed by atoms with Crippen LogP contribution in [0.15, 0.2) is 0 Å². The number of likely N-dealkylation sites (tertiary alicyclic amines) is 1. The Labute approximate surface area is 119 Å². The third kappa shape index (κ3) is 4.79. The molecule has 0 aromatic rings. The van der Waals surface area contributed by atoms with Crippen molar-refractivity contribution >= 4 is 5.91 Å². The maximum atomic E-state index is 12.5. The summed E-state index contributed by atoms with van der Waals surface area (Å²) in [6.07, 6.45) is 2.35. The minimum Gasteiger partial charge on any atom is -0.340 e. The third-order valence-electron chi connectivity index (χ3n) is 4.04. The van der Waals surface area contributed by atoms with E-state index in [0.29, 0.717) is 23.8 Å². The Morgan fingerprint density at radius 3 is 2.42 bits per heavy atom. The van der Waals surface area contributed by atoms with Crippen molar-refractivity contribution in [1.82, 2.24) is 10.2 Å². The lowest BCUT2D eigenvalue weighted by Gasteiger charge is -2.42. The lowest BCUT2D eigenvalue weighted by Crippen LogP contribution is -2.54. The van der Waals surface area contributed by atoms with Crippen LogP contribution in [0.5, 0.6) is 0 Å². The molecule has 0 aromatic carbocycles. The molecular formula is C16H32N2O. The van der Waals surface area contributed by atoms with Gasteiger partial charge in [-0.2, -0.15) is 0 Å². The first-order valence-corrected chi connectivity index (χ1v) is 7.78. The van der Waals surface area contributed by atoms with E-state index in [0.717, 1.165) is 26.1 Å². The van der Waals surface area contributed by atoms with Crippen LogP contribution in [0.4, 0.5) is 0 Å². The first-order chi connectivity index (χ1) is 8.75. The summed E-state index contributed by atoms with van der Waals surface area (Å²) in [7, 11) is 0. The van der Waals surface area contributed by atoms with Crippen LogP contribution < -0.4 is 5.32 Å². The minimum atomic E-state index is -0.270. The second-order valence-electron chi connectivity index (χ2n) is 7.35. The third-order valence-corrected chi connectivity index (χ3v) is 4.04. The number of nitrogens with one attached hydrogen (secondary N) is 1. The molecule has 0 aliphatic carbocycles. The van der Waals surface area contributed by atoms with Crippen molar-refractivity contribution in [2.75, 3.05) is 19.6 Å². The highest BCUT2D eigenvalue weighted by Gasteiger charge is 2.35. The molecule has 0 spiro atoms. The van der Waals surface area contributed by atoms with Crippen molar-refractivity contribution in [3.63, 3.8) is 0 Å². The summed E-state index contributed by atoms with van der Waals surface area (Å²) in [6.45, 7) is 15.6. The molecule has 0 saturated carbocycles. The molecule has 1 aliphatic heterocycles. The van der Waals surface area contributed by atoms with Gasteiger partial charge in [0.25, 0.3) is 0 Å².